The van der Waals surface area contributed by atoms with Gasteiger partial charge in [0, 0.05) is 64.7 Å². The van der Waals surface area contributed by atoms with Crippen molar-refractivity contribution in [2.45, 2.75) is 43.6 Å². The molecule has 20 heavy (non-hydrogen) atoms. The molecule has 1 spiro atoms. The van der Waals surface area contributed by atoms with Crippen LogP contribution in [0, 0.1) is 0 Å². The van der Waals surface area contributed by atoms with E-state index >= 15 is 0 Å². The normalized spacial score (nSPS) is 35.7. The van der Waals surface area contributed by atoms with E-state index in [-0.39, 0.29) is 5.79 Å². The summed E-state index contributed by atoms with van der Waals surface area (Å²) in [6.07, 6.45) is 5.04. The maximum absolute atomic E-state index is 6.21. The molecule has 114 valence electrons. The molecule has 0 radical (unpaired) electrons. The molecule has 3 heterocycles. The number of piperazine rings is 1. The number of ether oxygens (including phenoxy) is 2. The van der Waals surface area contributed by atoms with Gasteiger partial charge in [-0.25, -0.2) is 0 Å². The van der Waals surface area contributed by atoms with Crippen LogP contribution in [0.25, 0.3) is 0 Å². The molecule has 1 unspecified atom stereocenters. The summed E-state index contributed by atoms with van der Waals surface area (Å²) in [5.41, 5.74) is 0. The van der Waals surface area contributed by atoms with Gasteiger partial charge in [0.2, 0.25) is 0 Å². The van der Waals surface area contributed by atoms with E-state index in [0.717, 1.165) is 45.1 Å². The lowest BCUT2D eigenvalue weighted by Crippen LogP contribution is -2.63. The third kappa shape index (κ3) is 2.62. The second kappa shape index (κ2) is 5.54. The Morgan fingerprint density at radius 1 is 1.10 bits per heavy atom. The lowest BCUT2D eigenvalue weighted by molar-refractivity contribution is -0.165. The van der Waals surface area contributed by atoms with Crippen LogP contribution in [-0.2, 0) is 9.47 Å². The molecule has 0 aromatic carbocycles. The molecule has 4 aliphatic rings. The molecule has 0 aromatic rings. The summed E-state index contributed by atoms with van der Waals surface area (Å²) in [7, 11) is 0. The summed E-state index contributed by atoms with van der Waals surface area (Å²) in [5, 5.41) is 3.42. The maximum Gasteiger partial charge on any atom is 0.168 e. The third-order valence-corrected chi connectivity index (χ3v) is 5.35. The second-order valence-electron chi connectivity index (χ2n) is 6.83. The van der Waals surface area contributed by atoms with Gasteiger partial charge in [-0.05, 0) is 12.8 Å². The van der Waals surface area contributed by atoms with Crippen molar-refractivity contribution in [2.24, 2.45) is 0 Å². The second-order valence-corrected chi connectivity index (χ2v) is 6.83. The van der Waals surface area contributed by atoms with Crippen LogP contribution in [-0.4, -0.2) is 80.2 Å². The predicted molar refractivity (Wildman–Crippen MR) is 76.7 cm³/mol. The van der Waals surface area contributed by atoms with Crippen molar-refractivity contribution in [3.63, 3.8) is 0 Å². The fraction of sp³-hybridized carbons (Fsp3) is 1.00. The molecule has 1 N–H and O–H groups in total. The van der Waals surface area contributed by atoms with Gasteiger partial charge in [-0.1, -0.05) is 0 Å². The Hall–Kier alpha value is -0.200. The molecule has 1 saturated carbocycles. The Morgan fingerprint density at radius 2 is 1.85 bits per heavy atom. The van der Waals surface area contributed by atoms with Gasteiger partial charge in [0.1, 0.15) is 0 Å². The smallest absolute Gasteiger partial charge is 0.168 e. The molecule has 1 atom stereocenters. The Balaban J connectivity index is 1.20. The minimum Gasteiger partial charge on any atom is -0.347 e. The molecular formula is C15H27N3O2. The fourth-order valence-electron chi connectivity index (χ4n) is 4.14. The Morgan fingerprint density at radius 3 is 2.60 bits per heavy atom. The van der Waals surface area contributed by atoms with Crippen molar-refractivity contribution < 1.29 is 9.47 Å². The number of rotatable bonds is 3. The molecule has 4 rings (SSSR count). The van der Waals surface area contributed by atoms with Crippen LogP contribution in [0.5, 0.6) is 0 Å². The number of likely N-dealkylation sites (tertiary alicyclic amines) is 1. The van der Waals surface area contributed by atoms with Crippen LogP contribution >= 0.6 is 0 Å². The van der Waals surface area contributed by atoms with Crippen molar-refractivity contribution in [3.8, 4) is 0 Å². The van der Waals surface area contributed by atoms with E-state index in [4.69, 9.17) is 9.47 Å². The summed E-state index contributed by atoms with van der Waals surface area (Å²) in [6, 6.07) is 0.778. The van der Waals surface area contributed by atoms with E-state index in [0.29, 0.717) is 6.10 Å². The summed E-state index contributed by atoms with van der Waals surface area (Å²) >= 11 is 0. The Kier molecular flexibility index (Phi) is 3.73. The number of nitrogens with one attached hydrogen (secondary N) is 1. The molecule has 4 fully saturated rings. The highest BCUT2D eigenvalue weighted by Crippen LogP contribution is 2.39. The summed E-state index contributed by atoms with van der Waals surface area (Å²) < 4.78 is 12.2. The fourth-order valence-corrected chi connectivity index (χ4v) is 4.14. The van der Waals surface area contributed by atoms with Crippen molar-refractivity contribution in [3.05, 3.63) is 0 Å². The van der Waals surface area contributed by atoms with E-state index in [1.54, 1.807) is 0 Å². The van der Waals surface area contributed by atoms with Crippen molar-refractivity contribution in [2.75, 3.05) is 52.4 Å². The first-order valence-corrected chi connectivity index (χ1v) is 8.32. The summed E-state index contributed by atoms with van der Waals surface area (Å²) in [4.78, 5) is 5.17. The van der Waals surface area contributed by atoms with Gasteiger partial charge in [0.05, 0.1) is 12.7 Å². The summed E-state index contributed by atoms with van der Waals surface area (Å²) in [5.74, 6) is -0.187. The standard InChI is InChI=1S/C15H27N3O2/c1-2-4-15(3-1)19-12-14(20-15)11-17-9-13(10-17)18-7-5-16-6-8-18/h13-14,16H,1-12H2. The van der Waals surface area contributed by atoms with Crippen LogP contribution in [0.4, 0.5) is 0 Å². The first-order chi connectivity index (χ1) is 9.83. The van der Waals surface area contributed by atoms with Gasteiger partial charge in [-0.2, -0.15) is 0 Å². The Bertz CT molecular complexity index is 334. The minimum atomic E-state index is -0.187. The van der Waals surface area contributed by atoms with Gasteiger partial charge >= 0.3 is 0 Å². The average molecular weight is 281 g/mol. The highest BCUT2D eigenvalue weighted by atomic mass is 16.7. The maximum atomic E-state index is 6.21. The van der Waals surface area contributed by atoms with Gasteiger partial charge in [0.25, 0.3) is 0 Å². The monoisotopic (exact) mass is 281 g/mol. The molecule has 5 nitrogen and oxygen atoms in total. The van der Waals surface area contributed by atoms with Crippen molar-refractivity contribution >= 4 is 0 Å². The highest BCUT2D eigenvalue weighted by molar-refractivity contribution is 4.92. The minimum absolute atomic E-state index is 0.187. The zero-order valence-corrected chi connectivity index (χ0v) is 12.4. The highest BCUT2D eigenvalue weighted by Gasteiger charge is 2.45. The first kappa shape index (κ1) is 13.5. The van der Waals surface area contributed by atoms with Crippen LogP contribution in [0.15, 0.2) is 0 Å². The molecular weight excluding hydrogens is 254 g/mol. The van der Waals surface area contributed by atoms with E-state index in [9.17, 15) is 0 Å². The van der Waals surface area contributed by atoms with E-state index in [1.807, 2.05) is 0 Å². The Labute approximate surface area is 121 Å². The number of hydrogen-bond acceptors (Lipinski definition) is 5. The zero-order chi connectivity index (χ0) is 13.4. The van der Waals surface area contributed by atoms with E-state index < -0.39 is 0 Å². The average Bonchev–Trinajstić information content (AvgIpc) is 3.05. The molecule has 0 bridgehead atoms. The van der Waals surface area contributed by atoms with Crippen LogP contribution in [0.2, 0.25) is 0 Å². The summed E-state index contributed by atoms with van der Waals surface area (Å²) in [6.45, 7) is 9.02. The SMILES string of the molecule is C1CCC2(C1)OCC(CN1CC(N3CCNCC3)C1)O2. The lowest BCUT2D eigenvalue weighted by Gasteiger charge is -2.47. The van der Waals surface area contributed by atoms with Crippen LogP contribution in [0.1, 0.15) is 25.7 Å². The van der Waals surface area contributed by atoms with E-state index in [1.165, 1.54) is 39.0 Å². The predicted octanol–water partition coefficient (Wildman–Crippen LogP) is 0.262. The molecule has 3 aliphatic heterocycles. The molecule has 0 amide bonds. The molecule has 0 aromatic heterocycles. The van der Waals surface area contributed by atoms with E-state index in [2.05, 4.69) is 15.1 Å². The number of nitrogens with zero attached hydrogens (tertiary/aromatic N) is 2. The molecule has 3 saturated heterocycles. The van der Waals surface area contributed by atoms with Crippen molar-refractivity contribution in [1.82, 2.24) is 15.1 Å². The topological polar surface area (TPSA) is 37.0 Å². The lowest BCUT2D eigenvalue weighted by atomic mass is 10.1. The zero-order valence-electron chi connectivity index (χ0n) is 12.4. The van der Waals surface area contributed by atoms with Crippen molar-refractivity contribution in [1.29, 1.82) is 0 Å². The number of hydrogen-bond donors (Lipinski definition) is 1. The van der Waals surface area contributed by atoms with Gasteiger partial charge in [0.15, 0.2) is 5.79 Å². The van der Waals surface area contributed by atoms with Gasteiger partial charge in [-0.15, -0.1) is 0 Å². The van der Waals surface area contributed by atoms with Gasteiger partial charge < -0.3 is 14.8 Å². The first-order valence-electron chi connectivity index (χ1n) is 8.32. The largest absolute Gasteiger partial charge is 0.347 e. The quantitative estimate of drug-likeness (QED) is 0.803. The third-order valence-electron chi connectivity index (χ3n) is 5.35. The van der Waals surface area contributed by atoms with Gasteiger partial charge in [-0.3, -0.25) is 9.80 Å². The molecule has 1 aliphatic carbocycles. The van der Waals surface area contributed by atoms with Crippen LogP contribution in [0.3, 0.4) is 0 Å². The van der Waals surface area contributed by atoms with Crippen LogP contribution < -0.4 is 5.32 Å². The molecule has 5 heteroatoms.